The molecule has 30 heavy (non-hydrogen) atoms. The second kappa shape index (κ2) is 6.91. The normalized spacial score (nSPS) is 13.1. The van der Waals surface area contributed by atoms with E-state index in [4.69, 9.17) is 9.15 Å². The second-order valence-electron chi connectivity index (χ2n) is 7.53. The summed E-state index contributed by atoms with van der Waals surface area (Å²) in [4.78, 5) is 44.8. The van der Waals surface area contributed by atoms with E-state index in [2.05, 4.69) is 9.97 Å². The Kier molecular flexibility index (Phi) is 4.32. The van der Waals surface area contributed by atoms with E-state index in [9.17, 15) is 14.4 Å². The molecule has 4 aromatic rings. The number of esters is 1. The van der Waals surface area contributed by atoms with Gasteiger partial charge in [-0.25, -0.2) is 14.6 Å². The van der Waals surface area contributed by atoms with Crippen LogP contribution >= 0.6 is 11.3 Å². The topological polar surface area (TPSA) is 102 Å². The molecule has 1 aliphatic carbocycles. The standard InChI is InChI=1S/C22H18N2O5S/c1-10-18-20(26)23-11(2)24-21(18)30-19(10)22(27)28-9-14-8-17(25)29-16-7-13-5-3-4-12(13)6-15(14)16/h6-8H,3-5,9H2,1-2H3,(H,23,24,26). The van der Waals surface area contributed by atoms with Crippen molar-refractivity contribution in [3.05, 3.63) is 71.9 Å². The molecule has 152 valence electrons. The number of ether oxygens (including phenoxy) is 1. The number of H-pyrrole nitrogens is 1. The molecule has 0 radical (unpaired) electrons. The minimum absolute atomic E-state index is 0.0593. The van der Waals surface area contributed by atoms with Gasteiger partial charge in [0, 0.05) is 17.0 Å². The Morgan fingerprint density at radius 3 is 2.77 bits per heavy atom. The molecule has 0 saturated carbocycles. The van der Waals surface area contributed by atoms with Gasteiger partial charge in [0.2, 0.25) is 0 Å². The number of nitrogens with one attached hydrogen (secondary N) is 1. The van der Waals surface area contributed by atoms with E-state index >= 15 is 0 Å². The van der Waals surface area contributed by atoms with Crippen molar-refractivity contribution in [2.24, 2.45) is 0 Å². The van der Waals surface area contributed by atoms with E-state index in [1.54, 1.807) is 13.8 Å². The van der Waals surface area contributed by atoms with Crippen molar-refractivity contribution in [3.8, 4) is 0 Å². The average Bonchev–Trinajstić information content (AvgIpc) is 3.27. The Labute approximate surface area is 174 Å². The molecular formula is C22H18N2O5S. The molecule has 0 amide bonds. The van der Waals surface area contributed by atoms with Gasteiger partial charge in [-0.2, -0.15) is 0 Å². The van der Waals surface area contributed by atoms with Gasteiger partial charge in [0.1, 0.15) is 27.7 Å². The van der Waals surface area contributed by atoms with E-state index in [0.717, 1.165) is 36.0 Å². The third-order valence-corrected chi connectivity index (χ3v) is 6.67. The summed E-state index contributed by atoms with van der Waals surface area (Å²) in [6.07, 6.45) is 3.05. The number of fused-ring (bicyclic) bond motifs is 3. The van der Waals surface area contributed by atoms with Crippen molar-refractivity contribution in [3.63, 3.8) is 0 Å². The monoisotopic (exact) mass is 422 g/mol. The van der Waals surface area contributed by atoms with Crippen LogP contribution in [0.1, 0.15) is 44.2 Å². The fourth-order valence-corrected chi connectivity index (χ4v) is 5.19. The number of benzene rings is 1. The maximum Gasteiger partial charge on any atom is 0.349 e. The van der Waals surface area contributed by atoms with Crippen molar-refractivity contribution in [2.45, 2.75) is 39.7 Å². The lowest BCUT2D eigenvalue weighted by atomic mass is 10.0. The molecule has 3 aromatic heterocycles. The number of thiophene rings is 1. The summed E-state index contributed by atoms with van der Waals surface area (Å²) < 4.78 is 10.9. The van der Waals surface area contributed by atoms with Gasteiger partial charge >= 0.3 is 11.6 Å². The Hall–Kier alpha value is -3.26. The fourth-order valence-electron chi connectivity index (χ4n) is 4.07. The van der Waals surface area contributed by atoms with Crippen LogP contribution in [0, 0.1) is 13.8 Å². The predicted octanol–water partition coefficient (Wildman–Crippen LogP) is 3.55. The van der Waals surface area contributed by atoms with Crippen molar-refractivity contribution >= 4 is 38.5 Å². The lowest BCUT2D eigenvalue weighted by molar-refractivity contribution is 0.0479. The molecule has 0 bridgehead atoms. The molecule has 1 aliphatic rings. The minimum Gasteiger partial charge on any atom is -0.457 e. The molecule has 0 unspecified atom stereocenters. The number of hydrogen-bond donors (Lipinski definition) is 1. The number of carbonyl (C=O) groups excluding carboxylic acids is 1. The van der Waals surface area contributed by atoms with E-state index in [0.29, 0.717) is 37.6 Å². The molecule has 8 heteroatoms. The first-order valence-electron chi connectivity index (χ1n) is 9.66. The van der Waals surface area contributed by atoms with Crippen LogP contribution in [0.2, 0.25) is 0 Å². The highest BCUT2D eigenvalue weighted by Gasteiger charge is 2.21. The molecule has 5 rings (SSSR count). The second-order valence-corrected chi connectivity index (χ2v) is 8.52. The van der Waals surface area contributed by atoms with Crippen molar-refractivity contribution in [1.29, 1.82) is 0 Å². The number of hydrogen-bond acceptors (Lipinski definition) is 7. The van der Waals surface area contributed by atoms with Gasteiger partial charge in [0.15, 0.2) is 0 Å². The quantitative estimate of drug-likeness (QED) is 0.400. The lowest BCUT2D eigenvalue weighted by Crippen LogP contribution is -2.10. The number of aromatic amines is 1. The highest BCUT2D eigenvalue weighted by atomic mass is 32.1. The maximum absolute atomic E-state index is 12.8. The third-order valence-electron chi connectivity index (χ3n) is 5.51. The highest BCUT2D eigenvalue weighted by molar-refractivity contribution is 7.20. The molecule has 1 aromatic carbocycles. The molecule has 0 spiro atoms. The lowest BCUT2D eigenvalue weighted by Gasteiger charge is -2.09. The van der Waals surface area contributed by atoms with Gasteiger partial charge < -0.3 is 14.1 Å². The zero-order valence-electron chi connectivity index (χ0n) is 16.5. The Bertz CT molecular complexity index is 1460. The fraction of sp³-hybridized carbons (Fsp3) is 0.273. The van der Waals surface area contributed by atoms with Gasteiger partial charge in [-0.1, -0.05) is 0 Å². The summed E-state index contributed by atoms with van der Waals surface area (Å²) in [7, 11) is 0. The molecule has 0 saturated heterocycles. The van der Waals surface area contributed by atoms with Crippen LogP contribution in [0.5, 0.6) is 0 Å². The first-order chi connectivity index (χ1) is 14.4. The molecule has 0 atom stereocenters. The number of rotatable bonds is 3. The van der Waals surface area contributed by atoms with Crippen LogP contribution in [-0.4, -0.2) is 15.9 Å². The first kappa shape index (κ1) is 18.7. The SMILES string of the molecule is Cc1nc2sc(C(=O)OCc3cc(=O)oc4cc5c(cc34)CCC5)c(C)c2c(=O)[nH]1. The smallest absolute Gasteiger partial charge is 0.349 e. The van der Waals surface area contributed by atoms with Gasteiger partial charge in [0.25, 0.3) is 5.56 Å². The van der Waals surface area contributed by atoms with Gasteiger partial charge in [-0.15, -0.1) is 11.3 Å². The molecule has 0 fully saturated rings. The maximum atomic E-state index is 12.8. The summed E-state index contributed by atoms with van der Waals surface area (Å²) >= 11 is 1.13. The van der Waals surface area contributed by atoms with Crippen molar-refractivity contribution in [2.75, 3.05) is 0 Å². The van der Waals surface area contributed by atoms with Crippen LogP contribution < -0.4 is 11.2 Å². The predicted molar refractivity (Wildman–Crippen MR) is 113 cm³/mol. The summed E-state index contributed by atoms with van der Waals surface area (Å²) in [6, 6.07) is 5.31. The number of aromatic nitrogens is 2. The highest BCUT2D eigenvalue weighted by Crippen LogP contribution is 2.30. The zero-order chi connectivity index (χ0) is 21.0. The Balaban J connectivity index is 1.49. The Morgan fingerprint density at radius 2 is 1.97 bits per heavy atom. The summed E-state index contributed by atoms with van der Waals surface area (Å²) in [6.45, 7) is 3.34. The molecule has 1 N–H and O–H groups in total. The van der Waals surface area contributed by atoms with Crippen molar-refractivity contribution < 1.29 is 13.9 Å². The van der Waals surface area contributed by atoms with Crippen LogP contribution in [0.15, 0.2) is 32.2 Å². The number of carbonyl (C=O) groups is 1. The van der Waals surface area contributed by atoms with E-state index < -0.39 is 11.6 Å². The first-order valence-corrected chi connectivity index (χ1v) is 10.5. The van der Waals surface area contributed by atoms with Gasteiger partial charge in [0.05, 0.1) is 5.39 Å². The largest absolute Gasteiger partial charge is 0.457 e. The van der Waals surface area contributed by atoms with Crippen molar-refractivity contribution in [1.82, 2.24) is 9.97 Å². The summed E-state index contributed by atoms with van der Waals surface area (Å²) in [5.74, 6) is -0.0567. The average molecular weight is 422 g/mol. The van der Waals surface area contributed by atoms with Gasteiger partial charge in [-0.3, -0.25) is 4.79 Å². The number of aryl methyl sites for hydroxylation is 4. The Morgan fingerprint density at radius 1 is 1.20 bits per heavy atom. The molecule has 0 aliphatic heterocycles. The van der Waals surface area contributed by atoms with Crippen LogP contribution in [-0.2, 0) is 24.2 Å². The summed E-state index contributed by atoms with van der Waals surface area (Å²) in [5, 5.41) is 1.18. The van der Waals surface area contributed by atoms with E-state index in [-0.39, 0.29) is 12.2 Å². The molecular weight excluding hydrogens is 404 g/mol. The van der Waals surface area contributed by atoms with Gasteiger partial charge in [-0.05, 0) is 61.9 Å². The van der Waals surface area contributed by atoms with Crippen LogP contribution in [0.3, 0.4) is 0 Å². The zero-order valence-corrected chi connectivity index (χ0v) is 17.3. The van der Waals surface area contributed by atoms with Crippen LogP contribution in [0.4, 0.5) is 0 Å². The summed E-state index contributed by atoms with van der Waals surface area (Å²) in [5.41, 5.74) is 3.36. The number of nitrogens with zero attached hydrogens (tertiary/aromatic N) is 1. The molecule has 7 nitrogen and oxygen atoms in total. The minimum atomic E-state index is -0.546. The third kappa shape index (κ3) is 3.04. The molecule has 3 heterocycles. The van der Waals surface area contributed by atoms with Crippen LogP contribution in [0.25, 0.3) is 21.2 Å². The van der Waals surface area contributed by atoms with E-state index in [1.165, 1.54) is 17.2 Å². The van der Waals surface area contributed by atoms with E-state index in [1.807, 2.05) is 12.1 Å².